The van der Waals surface area contributed by atoms with E-state index in [0.29, 0.717) is 5.92 Å². The maximum Gasteiger partial charge on any atom is 0.0589 e. The van der Waals surface area contributed by atoms with E-state index >= 15 is 0 Å². The molecule has 3 N–H and O–H groups in total. The Labute approximate surface area is 115 Å². The molecule has 4 atom stereocenters. The summed E-state index contributed by atoms with van der Waals surface area (Å²) in [7, 11) is 1.92. The largest absolute Gasteiger partial charge is 0.395 e. The Bertz CT molecular complexity index is 406. The first-order valence-corrected chi connectivity index (χ1v) is 7.19. The normalized spacial score (nSPS) is 27.6. The topological polar surface area (TPSA) is 67.3 Å². The molecule has 1 aromatic rings. The van der Waals surface area contributed by atoms with Crippen LogP contribution in [0.1, 0.15) is 38.3 Å². The summed E-state index contributed by atoms with van der Waals surface area (Å²) in [5, 5.41) is 13.9. The Morgan fingerprint density at radius 1 is 1.58 bits per heavy atom. The maximum absolute atomic E-state index is 9.66. The molecule has 2 rings (SSSR count). The van der Waals surface area contributed by atoms with Gasteiger partial charge < -0.3 is 10.8 Å². The van der Waals surface area contributed by atoms with E-state index in [1.165, 1.54) is 0 Å². The standard InChI is InChI=1S/C14H26N4O/c1-4-12(15)14(11-7-16-17(3)8-11)18-6-5-10(2)13(18)9-19/h7-8,10,12-14,19H,4-6,9,15H2,1-3H3. The molecule has 0 bridgehead atoms. The molecule has 0 saturated carbocycles. The van der Waals surface area contributed by atoms with E-state index in [1.807, 2.05) is 24.1 Å². The van der Waals surface area contributed by atoms with E-state index in [1.54, 1.807) is 0 Å². The molecular formula is C14H26N4O. The Hall–Kier alpha value is -0.910. The van der Waals surface area contributed by atoms with Crippen LogP contribution >= 0.6 is 0 Å². The Kier molecular flexibility index (Phi) is 4.60. The molecule has 2 heterocycles. The van der Waals surface area contributed by atoms with Crippen LogP contribution in [0.3, 0.4) is 0 Å². The Morgan fingerprint density at radius 2 is 2.32 bits per heavy atom. The van der Waals surface area contributed by atoms with Gasteiger partial charge in [-0.1, -0.05) is 13.8 Å². The second-order valence-electron chi connectivity index (χ2n) is 5.72. The smallest absolute Gasteiger partial charge is 0.0589 e. The number of hydrogen-bond donors (Lipinski definition) is 2. The molecule has 0 amide bonds. The van der Waals surface area contributed by atoms with Gasteiger partial charge in [-0.05, 0) is 25.3 Å². The molecule has 1 fully saturated rings. The highest BCUT2D eigenvalue weighted by Crippen LogP contribution is 2.34. The van der Waals surface area contributed by atoms with Crippen molar-refractivity contribution >= 4 is 0 Å². The van der Waals surface area contributed by atoms with Crippen LogP contribution in [0.2, 0.25) is 0 Å². The van der Waals surface area contributed by atoms with Gasteiger partial charge in [-0.25, -0.2) is 0 Å². The van der Waals surface area contributed by atoms with E-state index in [0.717, 1.165) is 24.9 Å². The van der Waals surface area contributed by atoms with Crippen LogP contribution in [0, 0.1) is 5.92 Å². The van der Waals surface area contributed by atoms with E-state index in [2.05, 4.69) is 23.8 Å². The van der Waals surface area contributed by atoms with Crippen molar-refractivity contribution in [3.63, 3.8) is 0 Å². The van der Waals surface area contributed by atoms with Crippen molar-refractivity contribution in [2.24, 2.45) is 18.7 Å². The van der Waals surface area contributed by atoms with Gasteiger partial charge in [-0.2, -0.15) is 5.10 Å². The van der Waals surface area contributed by atoms with Crippen LogP contribution in [-0.2, 0) is 7.05 Å². The summed E-state index contributed by atoms with van der Waals surface area (Å²) in [5.74, 6) is 0.522. The van der Waals surface area contributed by atoms with Crippen molar-refractivity contribution in [1.82, 2.24) is 14.7 Å². The maximum atomic E-state index is 9.66. The highest BCUT2D eigenvalue weighted by atomic mass is 16.3. The number of aliphatic hydroxyl groups is 1. The Balaban J connectivity index is 2.28. The van der Waals surface area contributed by atoms with Gasteiger partial charge in [0.25, 0.3) is 0 Å². The summed E-state index contributed by atoms with van der Waals surface area (Å²) in [6, 6.07) is 0.437. The van der Waals surface area contributed by atoms with E-state index in [9.17, 15) is 5.11 Å². The van der Waals surface area contributed by atoms with E-state index < -0.39 is 0 Å². The zero-order valence-corrected chi connectivity index (χ0v) is 12.2. The summed E-state index contributed by atoms with van der Waals surface area (Å²) in [6.07, 6.45) is 5.98. The highest BCUT2D eigenvalue weighted by molar-refractivity contribution is 5.15. The number of nitrogens with zero attached hydrogens (tertiary/aromatic N) is 3. The molecule has 1 saturated heterocycles. The molecule has 19 heavy (non-hydrogen) atoms. The zero-order valence-electron chi connectivity index (χ0n) is 12.2. The summed E-state index contributed by atoms with van der Waals surface area (Å²) in [4.78, 5) is 2.37. The number of likely N-dealkylation sites (tertiary alicyclic amines) is 1. The van der Waals surface area contributed by atoms with Crippen molar-refractivity contribution in [2.75, 3.05) is 13.2 Å². The number of aryl methyl sites for hydroxylation is 1. The molecule has 5 heteroatoms. The first kappa shape index (κ1) is 14.5. The first-order chi connectivity index (χ1) is 9.08. The van der Waals surface area contributed by atoms with Crippen molar-refractivity contribution in [1.29, 1.82) is 0 Å². The first-order valence-electron chi connectivity index (χ1n) is 7.19. The van der Waals surface area contributed by atoms with Crippen LogP contribution in [0.5, 0.6) is 0 Å². The minimum atomic E-state index is 0.0727. The SMILES string of the molecule is CCC(N)C(c1cnn(C)c1)N1CCC(C)C1CO. The lowest BCUT2D eigenvalue weighted by Gasteiger charge is -2.36. The van der Waals surface area contributed by atoms with Gasteiger partial charge in [0, 0.05) is 30.9 Å². The number of aromatic nitrogens is 2. The fraction of sp³-hybridized carbons (Fsp3) is 0.786. The van der Waals surface area contributed by atoms with Gasteiger partial charge in [-0.15, -0.1) is 0 Å². The number of rotatable bonds is 5. The summed E-state index contributed by atoms with van der Waals surface area (Å²) in [6.45, 7) is 5.52. The van der Waals surface area contributed by atoms with Crippen LogP contribution in [0.25, 0.3) is 0 Å². The molecule has 0 radical (unpaired) electrons. The van der Waals surface area contributed by atoms with Gasteiger partial charge in [0.1, 0.15) is 0 Å². The highest BCUT2D eigenvalue weighted by Gasteiger charge is 2.38. The third kappa shape index (κ3) is 2.83. The molecular weight excluding hydrogens is 240 g/mol. The molecule has 0 aliphatic carbocycles. The third-order valence-electron chi connectivity index (χ3n) is 4.41. The minimum absolute atomic E-state index is 0.0727. The fourth-order valence-electron chi connectivity index (χ4n) is 3.17. The summed E-state index contributed by atoms with van der Waals surface area (Å²) < 4.78 is 1.82. The second-order valence-corrected chi connectivity index (χ2v) is 5.72. The third-order valence-corrected chi connectivity index (χ3v) is 4.41. The van der Waals surface area contributed by atoms with E-state index in [4.69, 9.17) is 5.73 Å². The number of nitrogens with two attached hydrogens (primary N) is 1. The number of hydrogen-bond acceptors (Lipinski definition) is 4. The quantitative estimate of drug-likeness (QED) is 0.831. The molecule has 0 spiro atoms. The molecule has 108 valence electrons. The average Bonchev–Trinajstić information content (AvgIpc) is 2.97. The summed E-state index contributed by atoms with van der Waals surface area (Å²) >= 11 is 0. The van der Waals surface area contributed by atoms with E-state index in [-0.39, 0.29) is 24.7 Å². The minimum Gasteiger partial charge on any atom is -0.395 e. The molecule has 4 unspecified atom stereocenters. The van der Waals surface area contributed by atoms with Crippen molar-refractivity contribution < 1.29 is 5.11 Å². The zero-order chi connectivity index (χ0) is 14.0. The average molecular weight is 266 g/mol. The van der Waals surface area contributed by atoms with Gasteiger partial charge >= 0.3 is 0 Å². The molecule has 1 aromatic heterocycles. The van der Waals surface area contributed by atoms with Crippen molar-refractivity contribution in [2.45, 2.75) is 44.8 Å². The lowest BCUT2D eigenvalue weighted by molar-refractivity contribution is 0.0893. The molecule has 1 aliphatic heterocycles. The molecule has 0 aromatic carbocycles. The monoisotopic (exact) mass is 266 g/mol. The van der Waals surface area contributed by atoms with Crippen molar-refractivity contribution in [3.8, 4) is 0 Å². The van der Waals surface area contributed by atoms with Crippen molar-refractivity contribution in [3.05, 3.63) is 18.0 Å². The van der Waals surface area contributed by atoms with Gasteiger partial charge in [0.15, 0.2) is 0 Å². The van der Waals surface area contributed by atoms with Crippen LogP contribution in [0.4, 0.5) is 0 Å². The lowest BCUT2D eigenvalue weighted by Crippen LogP contribution is -2.45. The predicted octanol–water partition coefficient (Wildman–Crippen LogP) is 0.901. The van der Waals surface area contributed by atoms with Gasteiger partial charge in [-0.3, -0.25) is 9.58 Å². The lowest BCUT2D eigenvalue weighted by atomic mass is 9.97. The molecule has 5 nitrogen and oxygen atoms in total. The van der Waals surface area contributed by atoms with Gasteiger partial charge in [0.2, 0.25) is 0 Å². The number of aliphatic hydroxyl groups excluding tert-OH is 1. The Morgan fingerprint density at radius 3 is 2.84 bits per heavy atom. The predicted molar refractivity (Wildman–Crippen MR) is 75.6 cm³/mol. The van der Waals surface area contributed by atoms with Gasteiger partial charge in [0.05, 0.1) is 18.8 Å². The second kappa shape index (κ2) is 6.03. The van der Waals surface area contributed by atoms with Crippen LogP contribution in [-0.4, -0.2) is 45.0 Å². The summed E-state index contributed by atoms with van der Waals surface area (Å²) in [5.41, 5.74) is 7.50. The fourth-order valence-corrected chi connectivity index (χ4v) is 3.17. The van der Waals surface area contributed by atoms with Crippen LogP contribution < -0.4 is 5.73 Å². The molecule has 1 aliphatic rings. The van der Waals surface area contributed by atoms with Crippen LogP contribution in [0.15, 0.2) is 12.4 Å².